The molecule has 30 heavy (non-hydrogen) atoms. The molecule has 0 aliphatic carbocycles. The maximum atomic E-state index is 13.5. The Bertz CT molecular complexity index is 944. The predicted octanol–water partition coefficient (Wildman–Crippen LogP) is 4.56. The lowest BCUT2D eigenvalue weighted by molar-refractivity contribution is -0.273. The molecule has 0 aliphatic rings. The quantitative estimate of drug-likeness (QED) is 0.613. The molecule has 0 atom stereocenters. The number of carbonyl (C=O) groups is 2. The monoisotopic (exact) mass is 472 g/mol. The lowest BCUT2D eigenvalue weighted by Crippen LogP contribution is -2.60. The number of aromatic nitrogens is 1. The van der Waals surface area contributed by atoms with Gasteiger partial charge >= 0.3 is 36.0 Å². The summed E-state index contributed by atoms with van der Waals surface area (Å²) in [4.78, 5) is 25.1. The van der Waals surface area contributed by atoms with Gasteiger partial charge in [0.2, 0.25) is 5.13 Å². The molecule has 166 valence electrons. The first-order valence-electron chi connectivity index (χ1n) is 7.18. The van der Waals surface area contributed by atoms with Crippen LogP contribution in [-0.2, 0) is 9.59 Å². The molecule has 0 N–H and O–H groups in total. The lowest BCUT2D eigenvalue weighted by Gasteiger charge is -2.28. The molecule has 2 amide bonds. The van der Waals surface area contributed by atoms with Crippen LogP contribution in [0, 0.1) is 0 Å². The summed E-state index contributed by atoms with van der Waals surface area (Å²) >= 11 is -0.0632. The first-order valence-corrected chi connectivity index (χ1v) is 8.00. The fraction of sp³-hybridized carbons (Fsp3) is 0.357. The van der Waals surface area contributed by atoms with Gasteiger partial charge in [0.25, 0.3) is 0 Å². The molecule has 16 heteroatoms. The Labute approximate surface area is 162 Å². The van der Waals surface area contributed by atoms with E-state index in [2.05, 4.69) is 4.98 Å². The van der Waals surface area contributed by atoms with Crippen LogP contribution in [0.25, 0.3) is 10.2 Å². The van der Waals surface area contributed by atoms with Gasteiger partial charge < -0.3 is 4.74 Å². The Morgan fingerprint density at radius 1 is 0.900 bits per heavy atom. The van der Waals surface area contributed by atoms with Crippen LogP contribution in [0.1, 0.15) is 0 Å². The Hall–Kier alpha value is -2.65. The van der Waals surface area contributed by atoms with E-state index in [-0.39, 0.29) is 21.8 Å². The summed E-state index contributed by atoms with van der Waals surface area (Å²) in [6.07, 6.45) is -13.4. The van der Waals surface area contributed by atoms with E-state index in [0.29, 0.717) is 0 Å². The Morgan fingerprint density at radius 3 is 1.77 bits per heavy atom. The first kappa shape index (κ1) is 23.6. The Balaban J connectivity index is 2.75. The van der Waals surface area contributed by atoms with Gasteiger partial charge in [-0.25, -0.2) is 9.88 Å². The molecule has 5 nitrogen and oxygen atoms in total. The molecular formula is C14H6F10N2O3S. The standard InChI is InChI=1S/C14H6F10N2O3S/c1-29-5-3-2-4-6-7(5)25-10(30-6)26(8(27)11(15,16)13(19,20)21)9(28)12(17,18)14(22,23)24/h2-4H,1H3. The average Bonchev–Trinajstić information content (AvgIpc) is 3.03. The van der Waals surface area contributed by atoms with Crippen molar-refractivity contribution in [1.82, 2.24) is 4.98 Å². The van der Waals surface area contributed by atoms with Crippen molar-refractivity contribution in [1.29, 1.82) is 0 Å². The molecule has 0 aliphatic heterocycles. The third-order valence-electron chi connectivity index (χ3n) is 3.44. The SMILES string of the molecule is COc1cccc2sc(N(C(=O)C(F)(F)C(F)(F)F)C(=O)C(F)(F)C(F)(F)F)nc12. The van der Waals surface area contributed by atoms with Crippen LogP contribution < -0.4 is 9.64 Å². The number of amides is 2. The number of hydrogen-bond acceptors (Lipinski definition) is 5. The van der Waals surface area contributed by atoms with Crippen LogP contribution in [0.2, 0.25) is 0 Å². The van der Waals surface area contributed by atoms with Crippen molar-refractivity contribution in [2.75, 3.05) is 12.0 Å². The number of methoxy groups -OCH3 is 1. The number of anilines is 1. The van der Waals surface area contributed by atoms with Crippen molar-refractivity contribution in [3.8, 4) is 5.75 Å². The average molecular weight is 472 g/mol. The highest BCUT2D eigenvalue weighted by Crippen LogP contribution is 2.44. The molecule has 0 unspecified atom stereocenters. The number of para-hydroxylation sites is 1. The summed E-state index contributed by atoms with van der Waals surface area (Å²) in [5, 5.41) is -1.57. The van der Waals surface area contributed by atoms with Crippen molar-refractivity contribution in [2.24, 2.45) is 0 Å². The number of ether oxygens (including phenoxy) is 1. The third kappa shape index (κ3) is 3.75. The van der Waals surface area contributed by atoms with Gasteiger partial charge in [-0.2, -0.15) is 43.9 Å². The second-order valence-electron chi connectivity index (χ2n) is 5.39. The molecule has 0 saturated heterocycles. The number of fused-ring (bicyclic) bond motifs is 1. The number of benzene rings is 1. The van der Waals surface area contributed by atoms with E-state index in [1.165, 1.54) is 12.1 Å². The van der Waals surface area contributed by atoms with E-state index in [1.54, 1.807) is 0 Å². The smallest absolute Gasteiger partial charge is 0.463 e. The van der Waals surface area contributed by atoms with E-state index < -0.39 is 51.6 Å². The maximum Gasteiger partial charge on any atom is 0.463 e. The van der Waals surface area contributed by atoms with E-state index >= 15 is 0 Å². The minimum absolute atomic E-state index is 0.0632. The third-order valence-corrected chi connectivity index (χ3v) is 4.44. The van der Waals surface area contributed by atoms with Crippen LogP contribution in [0.15, 0.2) is 18.2 Å². The lowest BCUT2D eigenvalue weighted by atomic mass is 10.2. The molecule has 2 aromatic rings. The summed E-state index contributed by atoms with van der Waals surface area (Å²) in [7, 11) is 1.05. The van der Waals surface area contributed by atoms with Crippen molar-refractivity contribution >= 4 is 38.5 Å². The van der Waals surface area contributed by atoms with Crippen molar-refractivity contribution < 1.29 is 58.2 Å². The molecule has 1 heterocycles. The van der Waals surface area contributed by atoms with E-state index in [0.717, 1.165) is 13.2 Å². The number of imide groups is 1. The largest absolute Gasteiger partial charge is 0.494 e. The Kier molecular flexibility index (Phi) is 5.70. The molecule has 0 radical (unpaired) electrons. The van der Waals surface area contributed by atoms with Gasteiger partial charge in [-0.05, 0) is 12.1 Å². The fourth-order valence-corrected chi connectivity index (χ4v) is 2.94. The summed E-state index contributed by atoms with van der Waals surface area (Å²) in [6.45, 7) is 0. The number of hydrogen-bond donors (Lipinski definition) is 0. The first-order chi connectivity index (χ1) is 13.5. The van der Waals surface area contributed by atoms with Crippen molar-refractivity contribution in [2.45, 2.75) is 24.2 Å². The van der Waals surface area contributed by atoms with Gasteiger partial charge in [0.1, 0.15) is 11.3 Å². The van der Waals surface area contributed by atoms with Gasteiger partial charge in [-0.1, -0.05) is 17.4 Å². The maximum absolute atomic E-state index is 13.5. The number of carbonyl (C=O) groups excluding carboxylic acids is 2. The van der Waals surface area contributed by atoms with E-state index in [9.17, 15) is 53.5 Å². The second kappa shape index (κ2) is 7.24. The molecule has 0 fully saturated rings. The highest BCUT2D eigenvalue weighted by Gasteiger charge is 2.71. The summed E-state index contributed by atoms with van der Waals surface area (Å²) in [5.41, 5.74) is -0.392. The van der Waals surface area contributed by atoms with Crippen LogP contribution in [0.4, 0.5) is 49.0 Å². The number of halogens is 10. The van der Waals surface area contributed by atoms with Gasteiger partial charge in [0.15, 0.2) is 0 Å². The molecule has 0 spiro atoms. The summed E-state index contributed by atoms with van der Waals surface area (Å²) in [6, 6.07) is 3.51. The predicted molar refractivity (Wildman–Crippen MR) is 80.7 cm³/mol. The van der Waals surface area contributed by atoms with Gasteiger partial charge in [-0.3, -0.25) is 9.59 Å². The zero-order chi connectivity index (χ0) is 23.3. The molecule has 1 aromatic heterocycles. The van der Waals surface area contributed by atoms with Crippen LogP contribution in [-0.4, -0.2) is 48.1 Å². The van der Waals surface area contributed by atoms with E-state index in [4.69, 9.17) is 4.74 Å². The highest BCUT2D eigenvalue weighted by atomic mass is 32.1. The van der Waals surface area contributed by atoms with E-state index in [1.807, 2.05) is 0 Å². The normalized spacial score (nSPS) is 13.4. The number of nitrogens with zero attached hydrogens (tertiary/aromatic N) is 2. The molecular weight excluding hydrogens is 466 g/mol. The number of thiazole rings is 1. The van der Waals surface area contributed by atoms with Crippen LogP contribution in [0.3, 0.4) is 0 Å². The van der Waals surface area contributed by atoms with Gasteiger partial charge in [0.05, 0.1) is 11.8 Å². The van der Waals surface area contributed by atoms with Gasteiger partial charge in [0, 0.05) is 0 Å². The van der Waals surface area contributed by atoms with Crippen LogP contribution in [0.5, 0.6) is 5.75 Å². The zero-order valence-electron chi connectivity index (χ0n) is 14.0. The zero-order valence-corrected chi connectivity index (χ0v) is 14.9. The highest BCUT2D eigenvalue weighted by molar-refractivity contribution is 7.22. The van der Waals surface area contributed by atoms with Crippen molar-refractivity contribution in [3.05, 3.63) is 18.2 Å². The topological polar surface area (TPSA) is 59.5 Å². The minimum atomic E-state index is -6.70. The second-order valence-corrected chi connectivity index (χ2v) is 6.40. The molecule has 0 bridgehead atoms. The van der Waals surface area contributed by atoms with Gasteiger partial charge in [-0.15, -0.1) is 0 Å². The minimum Gasteiger partial charge on any atom is -0.494 e. The number of rotatable bonds is 4. The summed E-state index contributed by atoms with van der Waals surface area (Å²) < 4.78 is 134. The summed E-state index contributed by atoms with van der Waals surface area (Å²) in [5.74, 6) is -20.5. The van der Waals surface area contributed by atoms with Crippen molar-refractivity contribution in [3.63, 3.8) is 0 Å². The molecule has 0 saturated carbocycles. The molecule has 2 rings (SSSR count). The van der Waals surface area contributed by atoms with Crippen LogP contribution >= 0.6 is 11.3 Å². The molecule has 1 aromatic carbocycles. The number of alkyl halides is 10. The fourth-order valence-electron chi connectivity index (χ4n) is 1.96. The Morgan fingerprint density at radius 2 is 1.37 bits per heavy atom.